The normalized spacial score (nSPS) is 17.8. The van der Waals surface area contributed by atoms with Crippen molar-refractivity contribution in [2.24, 2.45) is 5.73 Å². The third-order valence-electron chi connectivity index (χ3n) is 5.35. The van der Waals surface area contributed by atoms with E-state index in [2.05, 4.69) is 56.1 Å². The van der Waals surface area contributed by atoms with E-state index >= 15 is 0 Å². The van der Waals surface area contributed by atoms with E-state index in [1.165, 1.54) is 48.2 Å². The van der Waals surface area contributed by atoms with Crippen molar-refractivity contribution in [3.63, 3.8) is 0 Å². The monoisotopic (exact) mass is 355 g/mol. The zero-order valence-corrected chi connectivity index (χ0v) is 16.2. The Morgan fingerprint density at radius 3 is 2.60 bits per heavy atom. The summed E-state index contributed by atoms with van der Waals surface area (Å²) >= 11 is 1.74. The van der Waals surface area contributed by atoms with Gasteiger partial charge < -0.3 is 11.1 Å². The number of nitrogens with two attached hydrogens (primary N) is 1. The number of hydrogen-bond acceptors (Lipinski definition) is 4. The van der Waals surface area contributed by atoms with Crippen LogP contribution in [0.4, 0.5) is 5.13 Å². The minimum absolute atomic E-state index is 0.191. The highest BCUT2D eigenvalue weighted by atomic mass is 32.1. The summed E-state index contributed by atoms with van der Waals surface area (Å²) in [5.41, 5.74) is 8.60. The lowest BCUT2D eigenvalue weighted by atomic mass is 9.72. The zero-order valence-electron chi connectivity index (χ0n) is 15.3. The SMILES string of the molecule is C=C(N)Nc1nc(C2(C)CCCCC2)c(CC(C)c2ccccc2)s1. The highest BCUT2D eigenvalue weighted by Crippen LogP contribution is 2.43. The molecule has 25 heavy (non-hydrogen) atoms. The second-order valence-corrected chi connectivity index (χ2v) is 8.66. The van der Waals surface area contributed by atoms with Crippen molar-refractivity contribution in [1.29, 1.82) is 0 Å². The average molecular weight is 356 g/mol. The number of thiazole rings is 1. The van der Waals surface area contributed by atoms with Crippen molar-refractivity contribution in [3.05, 3.63) is 58.9 Å². The first-order valence-corrected chi connectivity index (χ1v) is 10.1. The fourth-order valence-electron chi connectivity index (χ4n) is 3.90. The van der Waals surface area contributed by atoms with Crippen LogP contribution in [0.5, 0.6) is 0 Å². The molecule has 4 heteroatoms. The minimum atomic E-state index is 0.191. The van der Waals surface area contributed by atoms with Crippen LogP contribution in [0.15, 0.2) is 42.7 Å². The quantitative estimate of drug-likeness (QED) is 0.714. The third kappa shape index (κ3) is 4.24. The fraction of sp³-hybridized carbons (Fsp3) is 0.476. The predicted molar refractivity (Wildman–Crippen MR) is 108 cm³/mol. The van der Waals surface area contributed by atoms with Gasteiger partial charge in [0.2, 0.25) is 0 Å². The molecular weight excluding hydrogens is 326 g/mol. The van der Waals surface area contributed by atoms with Gasteiger partial charge in [-0.05, 0) is 30.7 Å². The molecular formula is C21H29N3S. The van der Waals surface area contributed by atoms with Gasteiger partial charge in [0.1, 0.15) is 0 Å². The summed E-state index contributed by atoms with van der Waals surface area (Å²) in [4.78, 5) is 6.35. The number of aromatic nitrogens is 1. The average Bonchev–Trinajstić information content (AvgIpc) is 2.98. The Kier molecular flexibility index (Phi) is 5.48. The van der Waals surface area contributed by atoms with Crippen molar-refractivity contribution in [2.75, 3.05) is 5.32 Å². The van der Waals surface area contributed by atoms with Crippen LogP contribution in [0.25, 0.3) is 0 Å². The molecule has 1 fully saturated rings. The molecule has 0 amide bonds. The molecule has 134 valence electrons. The van der Waals surface area contributed by atoms with Gasteiger partial charge in [0.25, 0.3) is 0 Å². The van der Waals surface area contributed by atoms with E-state index in [1.807, 2.05) is 0 Å². The van der Waals surface area contributed by atoms with Crippen LogP contribution in [0, 0.1) is 0 Å². The molecule has 1 saturated carbocycles. The largest absolute Gasteiger partial charge is 0.386 e. The van der Waals surface area contributed by atoms with Crippen molar-refractivity contribution >= 4 is 16.5 Å². The first kappa shape index (κ1) is 18.0. The lowest BCUT2D eigenvalue weighted by molar-refractivity contribution is 0.311. The second kappa shape index (κ2) is 7.61. The summed E-state index contributed by atoms with van der Waals surface area (Å²) in [6, 6.07) is 10.7. The molecule has 0 radical (unpaired) electrons. The Morgan fingerprint density at radius 1 is 1.28 bits per heavy atom. The number of nitrogens with one attached hydrogen (secondary N) is 1. The molecule has 3 N–H and O–H groups in total. The molecule has 1 heterocycles. The van der Waals surface area contributed by atoms with E-state index in [0.717, 1.165) is 11.6 Å². The summed E-state index contributed by atoms with van der Waals surface area (Å²) in [6.45, 7) is 8.45. The molecule has 1 aliphatic carbocycles. The maximum absolute atomic E-state index is 5.75. The summed E-state index contributed by atoms with van der Waals surface area (Å²) in [6.07, 6.45) is 7.42. The molecule has 2 aromatic rings. The smallest absolute Gasteiger partial charge is 0.188 e. The van der Waals surface area contributed by atoms with E-state index in [4.69, 9.17) is 10.7 Å². The van der Waals surface area contributed by atoms with Gasteiger partial charge in [-0.1, -0.05) is 70.0 Å². The number of rotatable bonds is 6. The molecule has 0 spiro atoms. The van der Waals surface area contributed by atoms with Crippen LogP contribution in [0.1, 0.15) is 68.0 Å². The fourth-order valence-corrected chi connectivity index (χ4v) is 5.17. The number of anilines is 1. The van der Waals surface area contributed by atoms with Crippen LogP contribution < -0.4 is 11.1 Å². The summed E-state index contributed by atoms with van der Waals surface area (Å²) < 4.78 is 0. The molecule has 0 aliphatic heterocycles. The number of hydrogen-bond donors (Lipinski definition) is 2. The summed E-state index contributed by atoms with van der Waals surface area (Å²) in [5.74, 6) is 0.929. The van der Waals surface area contributed by atoms with Crippen LogP contribution >= 0.6 is 11.3 Å². The third-order valence-corrected chi connectivity index (χ3v) is 6.35. The molecule has 3 nitrogen and oxygen atoms in total. The Bertz CT molecular complexity index is 714. The van der Waals surface area contributed by atoms with E-state index in [1.54, 1.807) is 11.3 Å². The second-order valence-electron chi connectivity index (χ2n) is 7.58. The first-order valence-electron chi connectivity index (χ1n) is 9.24. The molecule has 0 saturated heterocycles. The minimum Gasteiger partial charge on any atom is -0.386 e. The Labute approximate surface area is 155 Å². The predicted octanol–water partition coefficient (Wildman–Crippen LogP) is 5.55. The van der Waals surface area contributed by atoms with Gasteiger partial charge in [-0.3, -0.25) is 0 Å². The van der Waals surface area contributed by atoms with Gasteiger partial charge in [-0.2, -0.15) is 0 Å². The molecule has 1 aromatic heterocycles. The van der Waals surface area contributed by atoms with Crippen LogP contribution in [-0.2, 0) is 11.8 Å². The van der Waals surface area contributed by atoms with Crippen molar-refractivity contribution in [1.82, 2.24) is 4.98 Å². The van der Waals surface area contributed by atoms with E-state index in [9.17, 15) is 0 Å². The molecule has 1 aliphatic rings. The topological polar surface area (TPSA) is 50.9 Å². The van der Waals surface area contributed by atoms with Crippen molar-refractivity contribution < 1.29 is 0 Å². The van der Waals surface area contributed by atoms with Crippen molar-refractivity contribution in [2.45, 2.75) is 63.7 Å². The maximum Gasteiger partial charge on any atom is 0.188 e. The van der Waals surface area contributed by atoms with Crippen LogP contribution in [0.2, 0.25) is 0 Å². The van der Waals surface area contributed by atoms with Gasteiger partial charge >= 0.3 is 0 Å². The van der Waals surface area contributed by atoms with Crippen molar-refractivity contribution in [3.8, 4) is 0 Å². The van der Waals surface area contributed by atoms with E-state index in [-0.39, 0.29) is 5.41 Å². The van der Waals surface area contributed by atoms with Crippen LogP contribution in [-0.4, -0.2) is 4.98 Å². The van der Waals surface area contributed by atoms with Gasteiger partial charge in [0, 0.05) is 10.3 Å². The summed E-state index contributed by atoms with van der Waals surface area (Å²) in [7, 11) is 0. The van der Waals surface area contributed by atoms with Gasteiger partial charge in [-0.25, -0.2) is 4.98 Å². The van der Waals surface area contributed by atoms with Crippen LogP contribution in [0.3, 0.4) is 0 Å². The lowest BCUT2D eigenvalue weighted by Gasteiger charge is -2.33. The highest BCUT2D eigenvalue weighted by molar-refractivity contribution is 7.15. The Morgan fingerprint density at radius 2 is 1.96 bits per heavy atom. The standard InChI is InChI=1S/C21H29N3S/c1-15(17-10-6-4-7-11-17)14-18-19(21(3)12-8-5-9-13-21)24-20(25-18)23-16(2)22/h4,6-7,10-11,15H,2,5,8-9,12-14,22H2,1,3H3,(H,23,24). The Balaban J connectivity index is 1.90. The zero-order chi connectivity index (χ0) is 17.9. The molecule has 1 aromatic carbocycles. The van der Waals surface area contributed by atoms with Gasteiger partial charge in [0.15, 0.2) is 5.13 Å². The van der Waals surface area contributed by atoms with E-state index in [0.29, 0.717) is 11.7 Å². The van der Waals surface area contributed by atoms with Gasteiger partial charge in [-0.15, -0.1) is 11.3 Å². The number of nitrogens with zero attached hydrogens (tertiary/aromatic N) is 1. The first-order chi connectivity index (χ1) is 12.0. The molecule has 3 rings (SSSR count). The lowest BCUT2D eigenvalue weighted by Crippen LogP contribution is -2.27. The molecule has 0 bridgehead atoms. The summed E-state index contributed by atoms with van der Waals surface area (Å²) in [5, 5.41) is 4.00. The van der Waals surface area contributed by atoms with E-state index < -0.39 is 0 Å². The molecule has 1 unspecified atom stereocenters. The molecule has 1 atom stereocenters. The maximum atomic E-state index is 5.75. The Hall–Kier alpha value is -1.81. The number of benzene rings is 1. The highest BCUT2D eigenvalue weighted by Gasteiger charge is 2.34. The van der Waals surface area contributed by atoms with Gasteiger partial charge in [0.05, 0.1) is 11.5 Å².